The lowest BCUT2D eigenvalue weighted by atomic mass is 10.2. The fraction of sp³-hybridized carbons (Fsp3) is 0.182. The van der Waals surface area contributed by atoms with Gasteiger partial charge >= 0.3 is 0 Å². The summed E-state index contributed by atoms with van der Waals surface area (Å²) >= 11 is 0. The number of aliphatic hydroxyl groups excluding tert-OH is 1. The molecule has 0 atom stereocenters. The standard InChI is InChI=1S/C11H11NO3/c13-5-4-11-12-10(7-15-11)8-2-1-3-9(14)6-8/h1-3,6-7,13-14H,4-5H2. The second-order valence-corrected chi connectivity index (χ2v) is 3.15. The van der Waals surface area contributed by atoms with E-state index in [-0.39, 0.29) is 12.4 Å². The monoisotopic (exact) mass is 205 g/mol. The van der Waals surface area contributed by atoms with Crippen LogP contribution in [0.4, 0.5) is 0 Å². The molecule has 2 N–H and O–H groups in total. The third-order valence-electron chi connectivity index (χ3n) is 2.02. The van der Waals surface area contributed by atoms with Gasteiger partial charge in [-0.1, -0.05) is 12.1 Å². The smallest absolute Gasteiger partial charge is 0.196 e. The van der Waals surface area contributed by atoms with Crippen molar-refractivity contribution in [2.24, 2.45) is 0 Å². The summed E-state index contributed by atoms with van der Waals surface area (Å²) in [5.74, 6) is 0.690. The molecule has 0 saturated carbocycles. The van der Waals surface area contributed by atoms with Gasteiger partial charge in [0.2, 0.25) is 0 Å². The molecule has 0 bridgehead atoms. The third kappa shape index (κ3) is 2.16. The zero-order valence-electron chi connectivity index (χ0n) is 8.05. The highest BCUT2D eigenvalue weighted by molar-refractivity contribution is 5.59. The van der Waals surface area contributed by atoms with Gasteiger partial charge in [-0.05, 0) is 12.1 Å². The summed E-state index contributed by atoms with van der Waals surface area (Å²) in [6.45, 7) is 0.0139. The molecule has 4 heteroatoms. The van der Waals surface area contributed by atoms with E-state index in [0.717, 1.165) is 5.56 Å². The molecule has 0 amide bonds. The molecule has 1 aromatic heterocycles. The molecular weight excluding hydrogens is 194 g/mol. The van der Waals surface area contributed by atoms with Crippen LogP contribution in [0.25, 0.3) is 11.3 Å². The van der Waals surface area contributed by atoms with Crippen molar-refractivity contribution in [1.82, 2.24) is 4.98 Å². The zero-order chi connectivity index (χ0) is 10.7. The highest BCUT2D eigenvalue weighted by Gasteiger charge is 2.05. The normalized spacial score (nSPS) is 10.5. The van der Waals surface area contributed by atoms with Gasteiger partial charge in [-0.3, -0.25) is 0 Å². The maximum Gasteiger partial charge on any atom is 0.196 e. The quantitative estimate of drug-likeness (QED) is 0.798. The number of hydrogen-bond acceptors (Lipinski definition) is 4. The first kappa shape index (κ1) is 9.73. The van der Waals surface area contributed by atoms with Gasteiger partial charge in [0, 0.05) is 12.0 Å². The number of nitrogens with zero attached hydrogens (tertiary/aromatic N) is 1. The summed E-state index contributed by atoms with van der Waals surface area (Å²) in [7, 11) is 0. The van der Waals surface area contributed by atoms with Gasteiger partial charge in [0.25, 0.3) is 0 Å². The van der Waals surface area contributed by atoms with Gasteiger partial charge in [0.05, 0.1) is 6.61 Å². The summed E-state index contributed by atoms with van der Waals surface area (Å²) in [6.07, 6.45) is 1.92. The second-order valence-electron chi connectivity index (χ2n) is 3.15. The van der Waals surface area contributed by atoms with Crippen LogP contribution in [0.1, 0.15) is 5.89 Å². The minimum absolute atomic E-state index is 0.0139. The molecule has 0 aliphatic rings. The lowest BCUT2D eigenvalue weighted by molar-refractivity contribution is 0.285. The first-order valence-corrected chi connectivity index (χ1v) is 4.64. The Hall–Kier alpha value is -1.81. The van der Waals surface area contributed by atoms with Gasteiger partial charge < -0.3 is 14.6 Å². The topological polar surface area (TPSA) is 66.5 Å². The van der Waals surface area contributed by atoms with Crippen molar-refractivity contribution in [2.45, 2.75) is 6.42 Å². The summed E-state index contributed by atoms with van der Waals surface area (Å²) in [5.41, 5.74) is 1.46. The molecule has 0 aliphatic carbocycles. The number of aliphatic hydroxyl groups is 1. The van der Waals surface area contributed by atoms with Crippen molar-refractivity contribution in [2.75, 3.05) is 6.61 Å². The number of benzene rings is 1. The van der Waals surface area contributed by atoms with Crippen LogP contribution in [0.15, 0.2) is 34.9 Å². The second kappa shape index (κ2) is 4.14. The van der Waals surface area contributed by atoms with E-state index >= 15 is 0 Å². The van der Waals surface area contributed by atoms with E-state index < -0.39 is 0 Å². The van der Waals surface area contributed by atoms with Crippen LogP contribution in [0.3, 0.4) is 0 Å². The minimum atomic E-state index is 0.0139. The average Bonchev–Trinajstić information content (AvgIpc) is 2.67. The van der Waals surface area contributed by atoms with E-state index in [1.165, 1.54) is 6.26 Å². The lowest BCUT2D eigenvalue weighted by Crippen LogP contribution is -1.90. The van der Waals surface area contributed by atoms with Crippen molar-refractivity contribution in [3.63, 3.8) is 0 Å². The first-order valence-electron chi connectivity index (χ1n) is 4.64. The maximum atomic E-state index is 9.29. The molecule has 78 valence electrons. The molecule has 2 aromatic rings. The highest BCUT2D eigenvalue weighted by atomic mass is 16.3. The van der Waals surface area contributed by atoms with Crippen molar-refractivity contribution in [3.05, 3.63) is 36.4 Å². The summed E-state index contributed by atoms with van der Waals surface area (Å²) < 4.78 is 5.15. The van der Waals surface area contributed by atoms with Crippen LogP contribution in [-0.4, -0.2) is 21.8 Å². The Kier molecular flexibility index (Phi) is 2.69. The Morgan fingerprint density at radius 1 is 1.33 bits per heavy atom. The largest absolute Gasteiger partial charge is 0.508 e. The van der Waals surface area contributed by atoms with Gasteiger partial charge in [-0.25, -0.2) is 4.98 Å². The van der Waals surface area contributed by atoms with Crippen LogP contribution < -0.4 is 0 Å². The Labute approximate surface area is 86.8 Å². The Morgan fingerprint density at radius 3 is 2.93 bits per heavy atom. The molecule has 0 unspecified atom stereocenters. The minimum Gasteiger partial charge on any atom is -0.508 e. The molecule has 15 heavy (non-hydrogen) atoms. The van der Waals surface area contributed by atoms with E-state index in [0.29, 0.717) is 18.0 Å². The number of phenols is 1. The lowest BCUT2D eigenvalue weighted by Gasteiger charge is -1.95. The fourth-order valence-corrected chi connectivity index (χ4v) is 1.32. The molecule has 0 fully saturated rings. The number of phenolic OH excluding ortho intramolecular Hbond substituents is 1. The molecule has 0 spiro atoms. The van der Waals surface area contributed by atoms with Crippen molar-refractivity contribution in [3.8, 4) is 17.0 Å². The SMILES string of the molecule is OCCc1nc(-c2cccc(O)c2)co1. The molecule has 0 saturated heterocycles. The summed E-state index contributed by atoms with van der Waals surface area (Å²) in [4.78, 5) is 4.17. The van der Waals surface area contributed by atoms with Crippen molar-refractivity contribution in [1.29, 1.82) is 0 Å². The number of aromatic nitrogens is 1. The average molecular weight is 205 g/mol. The molecule has 1 heterocycles. The number of oxazole rings is 1. The first-order chi connectivity index (χ1) is 7.29. The van der Waals surface area contributed by atoms with Crippen LogP contribution in [-0.2, 0) is 6.42 Å². The Balaban J connectivity index is 2.29. The number of hydrogen-bond donors (Lipinski definition) is 2. The summed E-state index contributed by atoms with van der Waals surface area (Å²) in [5, 5.41) is 18.0. The predicted molar refractivity (Wildman–Crippen MR) is 54.4 cm³/mol. The van der Waals surface area contributed by atoms with Crippen LogP contribution in [0.2, 0.25) is 0 Å². The molecule has 2 rings (SSSR count). The van der Waals surface area contributed by atoms with Gasteiger partial charge in [0.1, 0.15) is 17.7 Å². The third-order valence-corrected chi connectivity index (χ3v) is 2.02. The van der Waals surface area contributed by atoms with Gasteiger partial charge in [-0.2, -0.15) is 0 Å². The van der Waals surface area contributed by atoms with E-state index in [9.17, 15) is 5.11 Å². The Morgan fingerprint density at radius 2 is 2.20 bits per heavy atom. The van der Waals surface area contributed by atoms with Crippen molar-refractivity contribution < 1.29 is 14.6 Å². The molecular formula is C11H11NO3. The van der Waals surface area contributed by atoms with E-state index in [1.54, 1.807) is 18.2 Å². The van der Waals surface area contributed by atoms with Crippen molar-refractivity contribution >= 4 is 0 Å². The van der Waals surface area contributed by atoms with Crippen LogP contribution in [0, 0.1) is 0 Å². The zero-order valence-corrected chi connectivity index (χ0v) is 8.05. The van der Waals surface area contributed by atoms with Gasteiger partial charge in [0.15, 0.2) is 5.89 Å². The highest BCUT2D eigenvalue weighted by Crippen LogP contribution is 2.22. The number of rotatable bonds is 3. The van der Waals surface area contributed by atoms with E-state index in [4.69, 9.17) is 9.52 Å². The molecule has 1 aromatic carbocycles. The number of aromatic hydroxyl groups is 1. The van der Waals surface area contributed by atoms with Crippen LogP contribution in [0.5, 0.6) is 5.75 Å². The van der Waals surface area contributed by atoms with E-state index in [2.05, 4.69) is 4.98 Å². The fourth-order valence-electron chi connectivity index (χ4n) is 1.32. The van der Waals surface area contributed by atoms with Gasteiger partial charge in [-0.15, -0.1) is 0 Å². The molecule has 4 nitrogen and oxygen atoms in total. The molecule has 0 aliphatic heterocycles. The summed E-state index contributed by atoms with van der Waals surface area (Å²) in [6, 6.07) is 6.78. The van der Waals surface area contributed by atoms with Crippen LogP contribution >= 0.6 is 0 Å². The predicted octanol–water partition coefficient (Wildman–Crippen LogP) is 1.58. The maximum absolute atomic E-state index is 9.29. The Bertz CT molecular complexity index is 451. The van der Waals surface area contributed by atoms with E-state index in [1.807, 2.05) is 6.07 Å². The molecule has 0 radical (unpaired) electrons.